The van der Waals surface area contributed by atoms with Gasteiger partial charge in [0.25, 0.3) is 0 Å². The minimum absolute atomic E-state index is 0.307. The summed E-state index contributed by atoms with van der Waals surface area (Å²) in [7, 11) is 1.93. The van der Waals surface area contributed by atoms with Crippen LogP contribution in [0.2, 0.25) is 0 Å². The topological polar surface area (TPSA) is 58.4 Å². The highest BCUT2D eigenvalue weighted by molar-refractivity contribution is 5.66. The van der Waals surface area contributed by atoms with E-state index in [0.717, 1.165) is 38.9 Å². The summed E-state index contributed by atoms with van der Waals surface area (Å²) in [5, 5.41) is 12.8. The molecule has 0 amide bonds. The number of nitrogens with zero attached hydrogens (tertiary/aromatic N) is 3. The fourth-order valence-corrected chi connectivity index (χ4v) is 2.57. The monoisotopic (exact) mass is 251 g/mol. The number of carboxylic acids is 1. The van der Waals surface area contributed by atoms with Crippen LogP contribution in [-0.2, 0) is 18.3 Å². The Morgan fingerprint density at radius 2 is 2.44 bits per heavy atom. The van der Waals surface area contributed by atoms with Crippen molar-refractivity contribution in [1.29, 1.82) is 0 Å². The number of likely N-dealkylation sites (tertiary alicyclic amines) is 1. The van der Waals surface area contributed by atoms with E-state index in [4.69, 9.17) is 5.11 Å². The first-order valence-electron chi connectivity index (χ1n) is 6.55. The molecule has 0 aliphatic carbocycles. The summed E-state index contributed by atoms with van der Waals surface area (Å²) in [5.41, 5.74) is 1.27. The first kappa shape index (κ1) is 13.1. The number of aryl methyl sites for hydroxylation is 1. The molecular formula is C13H21N3O2. The molecule has 1 aromatic rings. The van der Waals surface area contributed by atoms with Crippen molar-refractivity contribution in [1.82, 2.24) is 14.7 Å². The molecule has 0 spiro atoms. The summed E-state index contributed by atoms with van der Waals surface area (Å²) < 4.78 is 1.83. The van der Waals surface area contributed by atoms with Gasteiger partial charge in [0.05, 0.1) is 6.20 Å². The first-order valence-corrected chi connectivity index (χ1v) is 6.55. The van der Waals surface area contributed by atoms with Gasteiger partial charge in [-0.2, -0.15) is 5.10 Å². The SMILES string of the molecule is Cn1cc(CCN2CCC(CCC(=O)O)C2)cn1. The highest BCUT2D eigenvalue weighted by atomic mass is 16.4. The van der Waals surface area contributed by atoms with Crippen molar-refractivity contribution in [2.45, 2.75) is 25.7 Å². The maximum Gasteiger partial charge on any atom is 0.303 e. The maximum atomic E-state index is 10.5. The highest BCUT2D eigenvalue weighted by Gasteiger charge is 2.22. The molecule has 1 unspecified atom stereocenters. The van der Waals surface area contributed by atoms with E-state index >= 15 is 0 Å². The average Bonchev–Trinajstić information content (AvgIpc) is 2.93. The third kappa shape index (κ3) is 3.84. The Bertz CT molecular complexity index is 403. The molecule has 2 heterocycles. The molecule has 1 aliphatic heterocycles. The van der Waals surface area contributed by atoms with E-state index in [1.54, 1.807) is 0 Å². The van der Waals surface area contributed by atoms with Crippen LogP contribution in [0.4, 0.5) is 0 Å². The normalized spacial score (nSPS) is 20.4. The lowest BCUT2D eigenvalue weighted by molar-refractivity contribution is -0.137. The third-order valence-corrected chi connectivity index (χ3v) is 3.61. The van der Waals surface area contributed by atoms with Crippen LogP contribution < -0.4 is 0 Å². The lowest BCUT2D eigenvalue weighted by atomic mass is 10.0. The number of hydrogen-bond donors (Lipinski definition) is 1. The fourth-order valence-electron chi connectivity index (χ4n) is 2.57. The second-order valence-corrected chi connectivity index (χ2v) is 5.16. The molecule has 1 aliphatic rings. The fraction of sp³-hybridized carbons (Fsp3) is 0.692. The number of carbonyl (C=O) groups is 1. The summed E-state index contributed by atoms with van der Waals surface area (Å²) in [6.45, 7) is 3.20. The van der Waals surface area contributed by atoms with Crippen LogP contribution >= 0.6 is 0 Å². The van der Waals surface area contributed by atoms with Crippen molar-refractivity contribution in [2.24, 2.45) is 13.0 Å². The summed E-state index contributed by atoms with van der Waals surface area (Å²) in [4.78, 5) is 13.0. The Morgan fingerprint density at radius 3 is 3.11 bits per heavy atom. The molecule has 0 saturated carbocycles. The molecule has 1 aromatic heterocycles. The van der Waals surface area contributed by atoms with E-state index in [0.29, 0.717) is 12.3 Å². The van der Waals surface area contributed by atoms with Gasteiger partial charge in [-0.05, 0) is 37.3 Å². The van der Waals surface area contributed by atoms with Crippen LogP contribution in [0.25, 0.3) is 0 Å². The second-order valence-electron chi connectivity index (χ2n) is 5.16. The largest absolute Gasteiger partial charge is 0.481 e. The molecule has 18 heavy (non-hydrogen) atoms. The van der Waals surface area contributed by atoms with Crippen LogP contribution in [0.5, 0.6) is 0 Å². The van der Waals surface area contributed by atoms with E-state index in [1.165, 1.54) is 5.56 Å². The molecule has 1 saturated heterocycles. The van der Waals surface area contributed by atoms with Crippen molar-refractivity contribution in [3.8, 4) is 0 Å². The lowest BCUT2D eigenvalue weighted by Crippen LogP contribution is -2.23. The smallest absolute Gasteiger partial charge is 0.303 e. The number of carboxylic acid groups (broad SMARTS) is 1. The Kier molecular flexibility index (Phi) is 4.36. The van der Waals surface area contributed by atoms with E-state index in [2.05, 4.69) is 16.2 Å². The molecular weight excluding hydrogens is 230 g/mol. The van der Waals surface area contributed by atoms with Crippen LogP contribution in [-0.4, -0.2) is 45.4 Å². The summed E-state index contributed by atoms with van der Waals surface area (Å²) in [6.07, 6.45) is 7.26. The van der Waals surface area contributed by atoms with E-state index in [-0.39, 0.29) is 0 Å². The van der Waals surface area contributed by atoms with E-state index in [9.17, 15) is 4.79 Å². The van der Waals surface area contributed by atoms with Gasteiger partial charge in [-0.1, -0.05) is 0 Å². The zero-order chi connectivity index (χ0) is 13.0. The van der Waals surface area contributed by atoms with E-state index in [1.807, 2.05) is 17.9 Å². The van der Waals surface area contributed by atoms with Crippen molar-refractivity contribution >= 4 is 5.97 Å². The van der Waals surface area contributed by atoms with Gasteiger partial charge in [-0.15, -0.1) is 0 Å². The van der Waals surface area contributed by atoms with Gasteiger partial charge in [-0.25, -0.2) is 0 Å². The highest BCUT2D eigenvalue weighted by Crippen LogP contribution is 2.21. The van der Waals surface area contributed by atoms with Gasteiger partial charge >= 0.3 is 5.97 Å². The molecule has 1 N–H and O–H groups in total. The van der Waals surface area contributed by atoms with Crippen LogP contribution in [0.3, 0.4) is 0 Å². The second kappa shape index (κ2) is 6.00. The molecule has 1 fully saturated rings. The Morgan fingerprint density at radius 1 is 1.61 bits per heavy atom. The van der Waals surface area contributed by atoms with Gasteiger partial charge in [-0.3, -0.25) is 9.48 Å². The molecule has 1 atom stereocenters. The average molecular weight is 251 g/mol. The first-order chi connectivity index (χ1) is 8.63. The van der Waals surface area contributed by atoms with Gasteiger partial charge in [0, 0.05) is 32.8 Å². The summed E-state index contributed by atoms with van der Waals surface area (Å²) in [5.74, 6) is -0.112. The van der Waals surface area contributed by atoms with Gasteiger partial charge < -0.3 is 10.0 Å². The number of rotatable bonds is 6. The van der Waals surface area contributed by atoms with Gasteiger partial charge in [0.1, 0.15) is 0 Å². The molecule has 0 bridgehead atoms. The Labute approximate surface area is 107 Å². The Balaban J connectivity index is 1.68. The quantitative estimate of drug-likeness (QED) is 0.824. The summed E-state index contributed by atoms with van der Waals surface area (Å²) in [6, 6.07) is 0. The van der Waals surface area contributed by atoms with Gasteiger partial charge in [0.15, 0.2) is 0 Å². The van der Waals surface area contributed by atoms with Crippen LogP contribution in [0.1, 0.15) is 24.8 Å². The molecule has 0 radical (unpaired) electrons. The standard InChI is InChI=1S/C13H21N3O2/c1-15-9-12(8-14-15)5-7-16-6-4-11(10-16)2-3-13(17)18/h8-9,11H,2-7,10H2,1H3,(H,17,18). The predicted octanol–water partition coefficient (Wildman–Crippen LogP) is 1.15. The molecule has 2 rings (SSSR count). The van der Waals surface area contributed by atoms with Crippen LogP contribution in [0.15, 0.2) is 12.4 Å². The molecule has 0 aromatic carbocycles. The third-order valence-electron chi connectivity index (χ3n) is 3.61. The molecule has 5 heteroatoms. The van der Waals surface area contributed by atoms with Crippen molar-refractivity contribution in [2.75, 3.05) is 19.6 Å². The zero-order valence-corrected chi connectivity index (χ0v) is 10.9. The number of hydrogen-bond acceptors (Lipinski definition) is 3. The van der Waals surface area contributed by atoms with E-state index < -0.39 is 5.97 Å². The van der Waals surface area contributed by atoms with Crippen LogP contribution in [0, 0.1) is 5.92 Å². The summed E-state index contributed by atoms with van der Waals surface area (Å²) >= 11 is 0. The lowest BCUT2D eigenvalue weighted by Gasteiger charge is -2.15. The molecule has 100 valence electrons. The Hall–Kier alpha value is -1.36. The minimum atomic E-state index is -0.677. The predicted molar refractivity (Wildman–Crippen MR) is 68.3 cm³/mol. The maximum absolute atomic E-state index is 10.5. The van der Waals surface area contributed by atoms with Crippen molar-refractivity contribution in [3.05, 3.63) is 18.0 Å². The molecule has 5 nitrogen and oxygen atoms in total. The van der Waals surface area contributed by atoms with Crippen molar-refractivity contribution in [3.63, 3.8) is 0 Å². The zero-order valence-electron chi connectivity index (χ0n) is 10.9. The number of aromatic nitrogens is 2. The van der Waals surface area contributed by atoms with Crippen molar-refractivity contribution < 1.29 is 9.90 Å². The van der Waals surface area contributed by atoms with Gasteiger partial charge in [0.2, 0.25) is 0 Å². The minimum Gasteiger partial charge on any atom is -0.481 e. The number of aliphatic carboxylic acids is 1.